The van der Waals surface area contributed by atoms with Crippen molar-refractivity contribution in [1.29, 1.82) is 0 Å². The van der Waals surface area contributed by atoms with Crippen LogP contribution in [0.4, 0.5) is 8.78 Å². The largest absolute Gasteiger partial charge is 0.490 e. The molecule has 2 heterocycles. The van der Waals surface area contributed by atoms with Gasteiger partial charge in [0.25, 0.3) is 5.56 Å². The molecule has 1 fully saturated rings. The van der Waals surface area contributed by atoms with Gasteiger partial charge in [0.1, 0.15) is 0 Å². The van der Waals surface area contributed by atoms with Crippen molar-refractivity contribution in [2.24, 2.45) is 0 Å². The molecule has 0 bridgehead atoms. The molecule has 2 rings (SSSR count). The van der Waals surface area contributed by atoms with E-state index in [0.29, 0.717) is 10.8 Å². The molecule has 160 valence electrons. The molecule has 14 nitrogen and oxygen atoms in total. The number of phosphoric ester groups is 1. The monoisotopic (exact) mass is 490 g/mol. The van der Waals surface area contributed by atoms with Crippen LogP contribution in [0.1, 0.15) is 12.6 Å². The van der Waals surface area contributed by atoms with Crippen LogP contribution in [0.15, 0.2) is 11.0 Å². The number of aromatic amines is 1. The first-order chi connectivity index (χ1) is 12.6. The molecule has 0 saturated carbocycles. The molecule has 28 heavy (non-hydrogen) atoms. The summed E-state index contributed by atoms with van der Waals surface area (Å²) >= 11 is 4.72. The quantitative estimate of drug-likeness (QED) is 0.267. The molecule has 20 heteroatoms. The van der Waals surface area contributed by atoms with Gasteiger partial charge in [-0.2, -0.15) is 13.0 Å². The summed E-state index contributed by atoms with van der Waals surface area (Å²) < 4.78 is 77.4. The van der Waals surface area contributed by atoms with Gasteiger partial charge in [0.2, 0.25) is 5.82 Å². The van der Waals surface area contributed by atoms with E-state index in [1.807, 2.05) is 4.98 Å². The minimum Gasteiger partial charge on any atom is -0.325 e. The Morgan fingerprint density at radius 1 is 1.21 bits per heavy atom. The van der Waals surface area contributed by atoms with Gasteiger partial charge in [0.15, 0.2) is 23.5 Å². The van der Waals surface area contributed by atoms with E-state index in [1.165, 1.54) is 0 Å². The van der Waals surface area contributed by atoms with E-state index in [2.05, 4.69) is 13.1 Å². The second-order valence-electron chi connectivity index (χ2n) is 5.05. The van der Waals surface area contributed by atoms with Gasteiger partial charge in [-0.1, -0.05) is 0 Å². The summed E-state index contributed by atoms with van der Waals surface area (Å²) in [6, 6.07) is 0. The third-order valence-electron chi connectivity index (χ3n) is 2.88. The summed E-state index contributed by atoms with van der Waals surface area (Å²) in [4.78, 5) is 48.3. The number of nitrogens with zero attached hydrogens (tertiary/aromatic N) is 1. The van der Waals surface area contributed by atoms with Gasteiger partial charge in [0.05, 0.1) is 6.20 Å². The average molecular weight is 490 g/mol. The number of H-pyrrole nitrogens is 1. The SMILES string of the molecule is O=c1[nH]c(=S)n([C@@H]2O[C@H](OP(=O)(O)OP(=O)(O)OP(=O)(O)O)C[C@@H]2F)cc1F. The Hall–Kier alpha value is -0.670. The maximum Gasteiger partial charge on any atom is 0.490 e. The van der Waals surface area contributed by atoms with Gasteiger partial charge in [-0.15, -0.1) is 0 Å². The normalized spacial score (nSPS) is 27.3. The number of hydrogen-bond acceptors (Lipinski definition) is 9. The zero-order valence-electron chi connectivity index (χ0n) is 13.0. The van der Waals surface area contributed by atoms with Crippen LogP contribution in [0, 0.1) is 10.6 Å². The predicted molar refractivity (Wildman–Crippen MR) is 84.2 cm³/mol. The lowest BCUT2D eigenvalue weighted by Crippen LogP contribution is -2.23. The molecule has 1 aromatic heterocycles. The highest BCUT2D eigenvalue weighted by molar-refractivity contribution is 7.71. The third kappa shape index (κ3) is 6.42. The van der Waals surface area contributed by atoms with E-state index in [-0.39, 0.29) is 0 Å². The van der Waals surface area contributed by atoms with Crippen molar-refractivity contribution in [3.8, 4) is 0 Å². The molecule has 2 unspecified atom stereocenters. The number of alkyl halides is 1. The Morgan fingerprint density at radius 3 is 2.39 bits per heavy atom. The Bertz CT molecular complexity index is 1010. The lowest BCUT2D eigenvalue weighted by molar-refractivity contribution is -0.112. The van der Waals surface area contributed by atoms with E-state index in [0.717, 1.165) is 0 Å². The molecule has 1 aromatic rings. The molecule has 5 N–H and O–H groups in total. The Balaban J connectivity index is 2.12. The van der Waals surface area contributed by atoms with E-state index in [9.17, 15) is 32.2 Å². The van der Waals surface area contributed by atoms with Crippen LogP contribution >= 0.6 is 35.7 Å². The fraction of sp³-hybridized carbons (Fsp3) is 0.500. The summed E-state index contributed by atoms with van der Waals surface area (Å²) in [5, 5.41) is 0. The molecule has 0 amide bonds. The molecule has 0 aromatic carbocycles. The molecule has 1 aliphatic heterocycles. The molecule has 0 aliphatic carbocycles. The van der Waals surface area contributed by atoms with Gasteiger partial charge in [0, 0.05) is 6.42 Å². The fourth-order valence-electron chi connectivity index (χ4n) is 2.00. The van der Waals surface area contributed by atoms with Crippen LogP contribution in [0.3, 0.4) is 0 Å². The van der Waals surface area contributed by atoms with Crippen molar-refractivity contribution in [2.75, 3.05) is 0 Å². The van der Waals surface area contributed by atoms with Crippen molar-refractivity contribution < 1.29 is 59.9 Å². The summed E-state index contributed by atoms with van der Waals surface area (Å²) in [5.74, 6) is -1.33. The van der Waals surface area contributed by atoms with Gasteiger partial charge >= 0.3 is 23.5 Å². The summed E-state index contributed by atoms with van der Waals surface area (Å²) in [5.41, 5.74) is -1.18. The van der Waals surface area contributed by atoms with Gasteiger partial charge in [-0.25, -0.2) is 18.1 Å². The van der Waals surface area contributed by atoms with Crippen molar-refractivity contribution >= 4 is 35.7 Å². The smallest absolute Gasteiger partial charge is 0.325 e. The highest BCUT2D eigenvalue weighted by atomic mass is 32.1. The standard InChI is InChI=1S/C8H11F2N2O12P3S/c9-3-1-5(21-7(3)12-2-4(10)6(13)11-8(12)28)22-26(17,18)24-27(19,20)23-25(14,15)16/h2-3,5,7H,1H2,(H,17,18)(H,19,20)(H,11,13,28)(H2,14,15,16)/t3-,5+,7+/m0/s1. The van der Waals surface area contributed by atoms with Gasteiger partial charge in [-0.05, 0) is 12.2 Å². The van der Waals surface area contributed by atoms with Crippen molar-refractivity contribution in [1.82, 2.24) is 9.55 Å². The van der Waals surface area contributed by atoms with Gasteiger partial charge < -0.3 is 24.3 Å². The number of phosphoric acid groups is 3. The third-order valence-corrected chi connectivity index (χ3v) is 7.03. The number of aromatic nitrogens is 2. The maximum atomic E-state index is 14.1. The summed E-state index contributed by atoms with van der Waals surface area (Å²) in [6.45, 7) is 0. The number of rotatable bonds is 7. The first-order valence-electron chi connectivity index (χ1n) is 6.71. The maximum absolute atomic E-state index is 14.1. The highest BCUT2D eigenvalue weighted by Crippen LogP contribution is 2.66. The zero-order valence-corrected chi connectivity index (χ0v) is 16.5. The zero-order chi connectivity index (χ0) is 21.5. The van der Waals surface area contributed by atoms with E-state index < -0.39 is 64.7 Å². The highest BCUT2D eigenvalue weighted by Gasteiger charge is 2.45. The number of nitrogens with one attached hydrogen (secondary N) is 1. The Labute approximate surface area is 158 Å². The molecule has 1 aliphatic rings. The average Bonchev–Trinajstić information content (AvgIpc) is 2.78. The molecular weight excluding hydrogens is 479 g/mol. The molecule has 0 spiro atoms. The number of halogens is 2. The van der Waals surface area contributed by atoms with Crippen LogP contribution in [-0.2, 0) is 31.6 Å². The van der Waals surface area contributed by atoms with Crippen molar-refractivity contribution in [3.63, 3.8) is 0 Å². The second kappa shape index (κ2) is 8.22. The van der Waals surface area contributed by atoms with Crippen molar-refractivity contribution in [3.05, 3.63) is 27.1 Å². The fourth-order valence-corrected chi connectivity index (χ4v) is 5.34. The second-order valence-corrected chi connectivity index (χ2v) is 9.81. The lowest BCUT2D eigenvalue weighted by Gasteiger charge is -2.20. The van der Waals surface area contributed by atoms with E-state index in [4.69, 9.17) is 31.6 Å². The van der Waals surface area contributed by atoms with Crippen LogP contribution in [0.25, 0.3) is 0 Å². The minimum absolute atomic E-state index is 0.446. The topological polar surface area (TPSA) is 207 Å². The Kier molecular flexibility index (Phi) is 6.93. The van der Waals surface area contributed by atoms with E-state index >= 15 is 0 Å². The van der Waals surface area contributed by atoms with Gasteiger partial charge in [-0.3, -0.25) is 18.9 Å². The van der Waals surface area contributed by atoms with Crippen LogP contribution in [0.5, 0.6) is 0 Å². The Morgan fingerprint density at radius 2 is 1.82 bits per heavy atom. The lowest BCUT2D eigenvalue weighted by atomic mass is 10.3. The first-order valence-corrected chi connectivity index (χ1v) is 11.6. The molecular formula is C8H11F2N2O12P3S. The summed E-state index contributed by atoms with van der Waals surface area (Å²) in [7, 11) is -16.9. The molecule has 0 radical (unpaired) electrons. The molecule has 1 saturated heterocycles. The van der Waals surface area contributed by atoms with E-state index in [1.54, 1.807) is 0 Å². The molecule has 5 atom stereocenters. The minimum atomic E-state index is -5.76. The number of hydrogen-bond donors (Lipinski definition) is 5. The number of ether oxygens (including phenoxy) is 1. The van der Waals surface area contributed by atoms with Crippen molar-refractivity contribution in [2.45, 2.75) is 25.1 Å². The first kappa shape index (κ1) is 23.6. The van der Waals surface area contributed by atoms with Crippen LogP contribution in [-0.4, -0.2) is 41.6 Å². The predicted octanol–water partition coefficient (Wildman–Crippen LogP) is 0.971. The van der Waals surface area contributed by atoms with Crippen LogP contribution < -0.4 is 5.56 Å². The van der Waals surface area contributed by atoms with Crippen LogP contribution in [0.2, 0.25) is 0 Å². The summed E-state index contributed by atoms with van der Waals surface area (Å²) in [6.07, 6.45) is -5.87.